The summed E-state index contributed by atoms with van der Waals surface area (Å²) in [4.78, 5) is 12.4. The van der Waals surface area contributed by atoms with Crippen LogP contribution in [-0.2, 0) is 6.73 Å². The number of anilines is 1. The van der Waals surface area contributed by atoms with E-state index in [2.05, 4.69) is 26.3 Å². The van der Waals surface area contributed by atoms with Gasteiger partial charge in [0.1, 0.15) is 5.75 Å². The van der Waals surface area contributed by atoms with Crippen molar-refractivity contribution in [3.8, 4) is 5.75 Å². The molecule has 1 aromatic heterocycles. The summed E-state index contributed by atoms with van der Waals surface area (Å²) in [6.07, 6.45) is 1.72. The van der Waals surface area contributed by atoms with Gasteiger partial charge in [0.2, 0.25) is 0 Å². The first-order valence-corrected chi connectivity index (χ1v) is 8.61. The standard InChI is InChI=1S/C19H18BrN3O2/c1-13-3-4-14(2)18(11-13)21-19(24)17-9-10-23(22-17)12-25-16-7-5-15(20)6-8-16/h3-11H,12H2,1-2H3,(H,21,24). The number of nitrogens with zero attached hydrogens (tertiary/aromatic N) is 2. The van der Waals surface area contributed by atoms with E-state index in [1.807, 2.05) is 56.3 Å². The number of carbonyl (C=O) groups is 1. The quantitative estimate of drug-likeness (QED) is 0.684. The number of aryl methyl sites for hydroxylation is 2. The highest BCUT2D eigenvalue weighted by Crippen LogP contribution is 2.18. The summed E-state index contributed by atoms with van der Waals surface area (Å²) in [5, 5.41) is 7.16. The second kappa shape index (κ2) is 7.53. The molecule has 0 aliphatic heterocycles. The highest BCUT2D eigenvalue weighted by molar-refractivity contribution is 9.10. The summed E-state index contributed by atoms with van der Waals surface area (Å²) in [5.74, 6) is 0.496. The van der Waals surface area contributed by atoms with Crippen LogP contribution in [0.25, 0.3) is 0 Å². The molecule has 0 aliphatic rings. The maximum Gasteiger partial charge on any atom is 0.276 e. The van der Waals surface area contributed by atoms with Crippen LogP contribution in [0, 0.1) is 13.8 Å². The van der Waals surface area contributed by atoms with Gasteiger partial charge in [-0.1, -0.05) is 28.1 Å². The molecule has 0 unspecified atom stereocenters. The van der Waals surface area contributed by atoms with Crippen molar-refractivity contribution in [1.29, 1.82) is 0 Å². The van der Waals surface area contributed by atoms with Crippen LogP contribution in [0.4, 0.5) is 5.69 Å². The van der Waals surface area contributed by atoms with Crippen LogP contribution in [0.3, 0.4) is 0 Å². The first-order chi connectivity index (χ1) is 12.0. The lowest BCUT2D eigenvalue weighted by atomic mass is 10.1. The molecule has 6 heteroatoms. The predicted molar refractivity (Wildman–Crippen MR) is 101 cm³/mol. The molecule has 2 aromatic carbocycles. The lowest BCUT2D eigenvalue weighted by molar-refractivity contribution is 0.102. The third kappa shape index (κ3) is 4.48. The monoisotopic (exact) mass is 399 g/mol. The molecule has 0 aliphatic carbocycles. The summed E-state index contributed by atoms with van der Waals surface area (Å²) < 4.78 is 8.21. The molecule has 0 bridgehead atoms. The number of halogens is 1. The molecular weight excluding hydrogens is 382 g/mol. The van der Waals surface area contributed by atoms with E-state index in [0.29, 0.717) is 5.69 Å². The minimum Gasteiger partial charge on any atom is -0.471 e. The molecule has 5 nitrogen and oxygen atoms in total. The van der Waals surface area contributed by atoms with Crippen molar-refractivity contribution in [3.05, 3.63) is 76.0 Å². The fourth-order valence-electron chi connectivity index (χ4n) is 2.28. The molecule has 3 rings (SSSR count). The van der Waals surface area contributed by atoms with Crippen LogP contribution >= 0.6 is 15.9 Å². The van der Waals surface area contributed by atoms with Crippen molar-refractivity contribution in [2.75, 3.05) is 5.32 Å². The van der Waals surface area contributed by atoms with Crippen molar-refractivity contribution in [1.82, 2.24) is 9.78 Å². The molecule has 1 heterocycles. The van der Waals surface area contributed by atoms with Crippen LogP contribution in [0.2, 0.25) is 0 Å². The maximum absolute atomic E-state index is 12.4. The van der Waals surface area contributed by atoms with E-state index < -0.39 is 0 Å². The summed E-state index contributed by atoms with van der Waals surface area (Å²) in [7, 11) is 0. The second-order valence-corrected chi connectivity index (χ2v) is 6.66. The molecule has 0 spiro atoms. The fraction of sp³-hybridized carbons (Fsp3) is 0.158. The Morgan fingerprint density at radius 2 is 1.92 bits per heavy atom. The maximum atomic E-state index is 12.4. The van der Waals surface area contributed by atoms with Gasteiger partial charge in [0.05, 0.1) is 0 Å². The smallest absolute Gasteiger partial charge is 0.276 e. The van der Waals surface area contributed by atoms with E-state index in [1.54, 1.807) is 16.9 Å². The molecule has 25 heavy (non-hydrogen) atoms. The molecular formula is C19H18BrN3O2. The Hall–Kier alpha value is -2.60. The third-order valence-corrected chi connectivity index (χ3v) is 4.22. The van der Waals surface area contributed by atoms with E-state index in [9.17, 15) is 4.79 Å². The van der Waals surface area contributed by atoms with Crippen molar-refractivity contribution in [2.45, 2.75) is 20.6 Å². The molecule has 0 saturated carbocycles. The SMILES string of the molecule is Cc1ccc(C)c(NC(=O)c2ccn(COc3ccc(Br)cc3)n2)c1. The number of hydrogen-bond acceptors (Lipinski definition) is 3. The average molecular weight is 400 g/mol. The van der Waals surface area contributed by atoms with E-state index in [1.165, 1.54) is 0 Å². The number of nitrogens with one attached hydrogen (secondary N) is 1. The summed E-state index contributed by atoms with van der Waals surface area (Å²) in [6.45, 7) is 4.18. The Balaban J connectivity index is 1.63. The van der Waals surface area contributed by atoms with Crippen molar-refractivity contribution in [3.63, 3.8) is 0 Å². The lowest BCUT2D eigenvalue weighted by Gasteiger charge is -2.08. The number of benzene rings is 2. The number of hydrogen-bond donors (Lipinski definition) is 1. The zero-order valence-electron chi connectivity index (χ0n) is 14.0. The number of ether oxygens (including phenoxy) is 1. The minimum atomic E-state index is -0.240. The van der Waals surface area contributed by atoms with Gasteiger partial charge in [-0.2, -0.15) is 5.10 Å². The molecule has 1 amide bonds. The van der Waals surface area contributed by atoms with Gasteiger partial charge in [-0.3, -0.25) is 4.79 Å². The van der Waals surface area contributed by atoms with Gasteiger partial charge in [-0.25, -0.2) is 4.68 Å². The Labute approximate surface area is 154 Å². The molecule has 1 N–H and O–H groups in total. The van der Waals surface area contributed by atoms with E-state index in [4.69, 9.17) is 4.74 Å². The zero-order valence-corrected chi connectivity index (χ0v) is 15.6. The predicted octanol–water partition coefficient (Wildman–Crippen LogP) is 4.55. The van der Waals surface area contributed by atoms with Crippen LogP contribution < -0.4 is 10.1 Å². The normalized spacial score (nSPS) is 10.5. The molecule has 0 saturated heterocycles. The number of rotatable bonds is 5. The first kappa shape index (κ1) is 17.2. The highest BCUT2D eigenvalue weighted by Gasteiger charge is 2.11. The highest BCUT2D eigenvalue weighted by atomic mass is 79.9. The van der Waals surface area contributed by atoms with Gasteiger partial charge in [-0.05, 0) is 61.4 Å². The molecule has 128 valence electrons. The van der Waals surface area contributed by atoms with E-state index >= 15 is 0 Å². The van der Waals surface area contributed by atoms with Crippen molar-refractivity contribution in [2.24, 2.45) is 0 Å². The minimum absolute atomic E-state index is 0.235. The number of carbonyl (C=O) groups excluding carboxylic acids is 1. The van der Waals surface area contributed by atoms with Gasteiger partial charge < -0.3 is 10.1 Å². The molecule has 0 radical (unpaired) electrons. The molecule has 0 atom stereocenters. The average Bonchev–Trinajstić information content (AvgIpc) is 3.07. The van der Waals surface area contributed by atoms with Gasteiger partial charge in [-0.15, -0.1) is 0 Å². The van der Waals surface area contributed by atoms with Crippen LogP contribution in [0.5, 0.6) is 5.75 Å². The number of amides is 1. The van der Waals surface area contributed by atoms with Crippen molar-refractivity contribution >= 4 is 27.5 Å². The first-order valence-electron chi connectivity index (χ1n) is 7.82. The lowest BCUT2D eigenvalue weighted by Crippen LogP contribution is -2.15. The Morgan fingerprint density at radius 1 is 1.16 bits per heavy atom. The molecule has 3 aromatic rings. The Kier molecular flexibility index (Phi) is 5.19. The fourth-order valence-corrected chi connectivity index (χ4v) is 2.55. The zero-order chi connectivity index (χ0) is 17.8. The summed E-state index contributed by atoms with van der Waals surface area (Å²) >= 11 is 3.38. The van der Waals surface area contributed by atoms with Gasteiger partial charge in [0, 0.05) is 16.4 Å². The van der Waals surface area contributed by atoms with Gasteiger partial charge >= 0.3 is 0 Å². The number of aromatic nitrogens is 2. The molecule has 0 fully saturated rings. The van der Waals surface area contributed by atoms with E-state index in [-0.39, 0.29) is 12.6 Å². The van der Waals surface area contributed by atoms with Crippen molar-refractivity contribution < 1.29 is 9.53 Å². The second-order valence-electron chi connectivity index (χ2n) is 5.74. The van der Waals surface area contributed by atoms with Crippen LogP contribution in [0.15, 0.2) is 59.2 Å². The third-order valence-electron chi connectivity index (χ3n) is 3.69. The largest absolute Gasteiger partial charge is 0.471 e. The topological polar surface area (TPSA) is 56.2 Å². The summed E-state index contributed by atoms with van der Waals surface area (Å²) in [6, 6.07) is 15.1. The van der Waals surface area contributed by atoms with Gasteiger partial charge in [0.25, 0.3) is 5.91 Å². The van der Waals surface area contributed by atoms with Crippen LogP contribution in [-0.4, -0.2) is 15.7 Å². The Bertz CT molecular complexity index is 888. The van der Waals surface area contributed by atoms with Gasteiger partial charge in [0.15, 0.2) is 12.4 Å². The van der Waals surface area contributed by atoms with Crippen LogP contribution in [0.1, 0.15) is 21.6 Å². The Morgan fingerprint density at radius 3 is 2.68 bits per heavy atom. The summed E-state index contributed by atoms with van der Waals surface area (Å²) in [5.41, 5.74) is 3.25. The van der Waals surface area contributed by atoms with E-state index in [0.717, 1.165) is 27.0 Å².